The Kier molecular flexibility index (Phi) is 7.13. The van der Waals surface area contributed by atoms with Crippen LogP contribution in [0.25, 0.3) is 0 Å². The lowest BCUT2D eigenvalue weighted by Crippen LogP contribution is -2.18. The summed E-state index contributed by atoms with van der Waals surface area (Å²) < 4.78 is 11.3. The molecule has 0 unspecified atom stereocenters. The summed E-state index contributed by atoms with van der Waals surface area (Å²) >= 11 is 1.53. The van der Waals surface area contributed by atoms with Gasteiger partial charge in [-0.15, -0.1) is 11.3 Å². The zero-order valence-corrected chi connectivity index (χ0v) is 20.4. The first-order valence-corrected chi connectivity index (χ1v) is 11.7. The van der Waals surface area contributed by atoms with Crippen molar-refractivity contribution in [3.63, 3.8) is 0 Å². The third-order valence-corrected chi connectivity index (χ3v) is 6.36. The number of para-hydroxylation sites is 1. The van der Waals surface area contributed by atoms with Gasteiger partial charge in [-0.2, -0.15) is 0 Å². The van der Waals surface area contributed by atoms with E-state index in [0.29, 0.717) is 17.1 Å². The molecule has 7 heteroatoms. The molecule has 0 aliphatic heterocycles. The number of hydrogen-bond donors (Lipinski definition) is 2. The number of pyridine rings is 1. The Morgan fingerprint density at radius 3 is 2.38 bits per heavy atom. The van der Waals surface area contributed by atoms with Gasteiger partial charge in [0.05, 0.1) is 20.3 Å². The smallest absolute Gasteiger partial charge is 0.256 e. The third kappa shape index (κ3) is 5.05. The Bertz CT molecular complexity index is 1290. The van der Waals surface area contributed by atoms with Crippen LogP contribution in [0.3, 0.4) is 0 Å². The highest BCUT2D eigenvalue weighted by molar-refractivity contribution is 7.16. The van der Waals surface area contributed by atoms with E-state index in [4.69, 9.17) is 9.47 Å². The van der Waals surface area contributed by atoms with E-state index >= 15 is 0 Å². The quantitative estimate of drug-likeness (QED) is 0.317. The van der Waals surface area contributed by atoms with Gasteiger partial charge < -0.3 is 20.1 Å². The van der Waals surface area contributed by atoms with Crippen LogP contribution >= 0.6 is 11.3 Å². The Morgan fingerprint density at radius 2 is 1.68 bits per heavy atom. The van der Waals surface area contributed by atoms with Crippen molar-refractivity contribution >= 4 is 28.1 Å². The van der Waals surface area contributed by atoms with Gasteiger partial charge in [-0.3, -0.25) is 4.79 Å². The first kappa shape index (κ1) is 23.3. The van der Waals surface area contributed by atoms with Crippen molar-refractivity contribution in [3.8, 4) is 11.5 Å². The fourth-order valence-corrected chi connectivity index (χ4v) is 4.79. The molecule has 6 nitrogen and oxygen atoms in total. The minimum Gasteiger partial charge on any atom is -0.493 e. The molecule has 1 atom stereocenters. The number of methoxy groups -OCH3 is 2. The van der Waals surface area contributed by atoms with Crippen molar-refractivity contribution < 1.29 is 14.3 Å². The van der Waals surface area contributed by atoms with E-state index in [-0.39, 0.29) is 11.9 Å². The summed E-state index contributed by atoms with van der Waals surface area (Å²) in [4.78, 5) is 18.7. The molecule has 0 radical (unpaired) electrons. The number of carbonyl (C=O) groups excluding carboxylic acids is 1. The van der Waals surface area contributed by atoms with Crippen LogP contribution in [0, 0.1) is 13.8 Å². The van der Waals surface area contributed by atoms with Gasteiger partial charge in [0.25, 0.3) is 5.91 Å². The van der Waals surface area contributed by atoms with E-state index in [9.17, 15) is 4.79 Å². The van der Waals surface area contributed by atoms with Crippen LogP contribution in [0.1, 0.15) is 38.1 Å². The average molecular weight is 474 g/mol. The van der Waals surface area contributed by atoms with E-state index in [0.717, 1.165) is 32.5 Å². The molecule has 0 aliphatic rings. The van der Waals surface area contributed by atoms with Gasteiger partial charge in [-0.1, -0.05) is 36.4 Å². The normalized spacial score (nSPS) is 11.5. The molecule has 2 heterocycles. The Balaban J connectivity index is 1.81. The van der Waals surface area contributed by atoms with Crippen molar-refractivity contribution in [2.45, 2.75) is 19.9 Å². The lowest BCUT2D eigenvalue weighted by Gasteiger charge is -2.24. The molecule has 34 heavy (non-hydrogen) atoms. The molecule has 0 bridgehead atoms. The highest BCUT2D eigenvalue weighted by Gasteiger charge is 2.26. The molecule has 1 amide bonds. The zero-order chi connectivity index (χ0) is 24.1. The molecule has 0 saturated heterocycles. The maximum atomic E-state index is 13.0. The van der Waals surface area contributed by atoms with E-state index < -0.39 is 0 Å². The van der Waals surface area contributed by atoms with Crippen LogP contribution in [0.4, 0.5) is 10.8 Å². The Hall–Kier alpha value is -3.84. The van der Waals surface area contributed by atoms with Crippen LogP contribution < -0.4 is 20.1 Å². The molecular formula is C27H27N3O3S. The minimum atomic E-state index is -0.352. The average Bonchev–Trinajstić information content (AvgIpc) is 3.22. The zero-order valence-electron chi connectivity index (χ0n) is 19.6. The second kappa shape index (κ2) is 10.4. The van der Waals surface area contributed by atoms with Crippen LogP contribution in [-0.2, 0) is 0 Å². The summed E-state index contributed by atoms with van der Waals surface area (Å²) in [6.07, 6.45) is 0. The summed E-state index contributed by atoms with van der Waals surface area (Å²) in [6.45, 7) is 3.98. The minimum absolute atomic E-state index is 0.159. The number of anilines is 2. The molecule has 4 aromatic rings. The van der Waals surface area contributed by atoms with E-state index in [2.05, 4.69) is 21.7 Å². The number of nitrogens with one attached hydrogen (secondary N) is 2. The largest absolute Gasteiger partial charge is 0.493 e. The van der Waals surface area contributed by atoms with Crippen LogP contribution in [0.5, 0.6) is 11.5 Å². The van der Waals surface area contributed by atoms with Gasteiger partial charge in [0, 0.05) is 27.3 Å². The first-order valence-electron chi connectivity index (χ1n) is 10.9. The predicted molar refractivity (Wildman–Crippen MR) is 137 cm³/mol. The van der Waals surface area contributed by atoms with Crippen molar-refractivity contribution in [1.29, 1.82) is 0 Å². The molecule has 4 rings (SSSR count). The lowest BCUT2D eigenvalue weighted by atomic mass is 9.98. The maximum absolute atomic E-state index is 13.0. The monoisotopic (exact) mass is 473 g/mol. The van der Waals surface area contributed by atoms with Crippen molar-refractivity contribution in [1.82, 2.24) is 4.98 Å². The van der Waals surface area contributed by atoms with Crippen molar-refractivity contribution in [3.05, 3.63) is 100 Å². The van der Waals surface area contributed by atoms with Crippen molar-refractivity contribution in [2.75, 3.05) is 24.9 Å². The number of ether oxygens (including phenoxy) is 2. The Morgan fingerprint density at radius 1 is 0.912 bits per heavy atom. The van der Waals surface area contributed by atoms with Gasteiger partial charge >= 0.3 is 0 Å². The summed E-state index contributed by atoms with van der Waals surface area (Å²) in [6, 6.07) is 22.5. The van der Waals surface area contributed by atoms with Crippen LogP contribution in [0.15, 0.2) is 72.8 Å². The molecule has 2 aromatic heterocycles. The number of aromatic nitrogens is 1. The highest BCUT2D eigenvalue weighted by atomic mass is 32.1. The standard InChI is InChI=1S/C27H27N3O3S/c1-17-10-8-15-23(28-17)29-24(20-13-9-14-22(32-3)25(20)33-4)21-16-18(2)34-27(21)30-26(31)19-11-6-5-7-12-19/h5-16,24H,1-4H3,(H,28,29)(H,30,31)/t24-/m0/s1. The maximum Gasteiger partial charge on any atom is 0.256 e. The molecule has 0 aliphatic carbocycles. The third-order valence-electron chi connectivity index (χ3n) is 5.38. The predicted octanol–water partition coefficient (Wildman–Crippen LogP) is 6.23. The summed E-state index contributed by atoms with van der Waals surface area (Å²) in [5.41, 5.74) is 3.29. The van der Waals surface area contributed by atoms with Gasteiger partial charge in [0.15, 0.2) is 11.5 Å². The molecule has 0 fully saturated rings. The molecule has 2 N–H and O–H groups in total. The fourth-order valence-electron chi connectivity index (χ4n) is 3.84. The van der Waals surface area contributed by atoms with E-state index in [1.807, 2.05) is 68.4 Å². The van der Waals surface area contributed by atoms with E-state index in [1.54, 1.807) is 26.4 Å². The first-order chi connectivity index (χ1) is 16.5. The molecule has 174 valence electrons. The molecule has 0 saturated carbocycles. The SMILES string of the molecule is COc1cccc([C@H](Nc2cccc(C)n2)c2cc(C)sc2NC(=O)c2ccccc2)c1OC. The van der Waals surface area contributed by atoms with Crippen LogP contribution in [0.2, 0.25) is 0 Å². The Labute approximate surface area is 203 Å². The van der Waals surface area contributed by atoms with Gasteiger partial charge in [0.1, 0.15) is 10.8 Å². The molecule has 2 aromatic carbocycles. The molecule has 0 spiro atoms. The number of amides is 1. The highest BCUT2D eigenvalue weighted by Crippen LogP contribution is 2.43. The summed E-state index contributed by atoms with van der Waals surface area (Å²) in [7, 11) is 3.24. The summed E-state index contributed by atoms with van der Waals surface area (Å²) in [5, 5.41) is 7.43. The van der Waals surface area contributed by atoms with Crippen LogP contribution in [-0.4, -0.2) is 25.1 Å². The number of aryl methyl sites for hydroxylation is 2. The topological polar surface area (TPSA) is 72.5 Å². The van der Waals surface area contributed by atoms with E-state index in [1.165, 1.54) is 11.3 Å². The number of thiophene rings is 1. The second-order valence-corrected chi connectivity index (χ2v) is 9.04. The number of nitrogens with zero attached hydrogens (tertiary/aromatic N) is 1. The second-order valence-electron chi connectivity index (χ2n) is 7.79. The summed E-state index contributed by atoms with van der Waals surface area (Å²) in [5.74, 6) is 1.82. The van der Waals surface area contributed by atoms with Gasteiger partial charge in [-0.05, 0) is 50.2 Å². The number of carbonyl (C=O) groups is 1. The fraction of sp³-hybridized carbons (Fsp3) is 0.185. The van der Waals surface area contributed by atoms with Gasteiger partial charge in [0.2, 0.25) is 0 Å². The van der Waals surface area contributed by atoms with Crippen molar-refractivity contribution in [2.24, 2.45) is 0 Å². The van der Waals surface area contributed by atoms with Gasteiger partial charge in [-0.25, -0.2) is 4.98 Å². The number of benzene rings is 2. The molecular weight excluding hydrogens is 446 g/mol. The number of hydrogen-bond acceptors (Lipinski definition) is 6. The lowest BCUT2D eigenvalue weighted by molar-refractivity contribution is 0.102. The number of rotatable bonds is 8.